The molecule has 1 saturated carbocycles. The number of halogens is 1. The van der Waals surface area contributed by atoms with Gasteiger partial charge in [-0.3, -0.25) is 4.90 Å². The third-order valence-corrected chi connectivity index (χ3v) is 9.28. The van der Waals surface area contributed by atoms with E-state index >= 15 is 0 Å². The maximum Gasteiger partial charge on any atom is 0.410 e. The number of amides is 1. The van der Waals surface area contributed by atoms with E-state index < -0.39 is 39.8 Å². The third-order valence-electron chi connectivity index (χ3n) is 7.49. The number of hydrogen-bond donors (Lipinski definition) is 1. The van der Waals surface area contributed by atoms with Crippen LogP contribution in [0.4, 0.5) is 14.9 Å². The number of anilines is 1. The smallest absolute Gasteiger partial charge is 0.410 e. The zero-order valence-electron chi connectivity index (χ0n) is 20.5. The molecular formula is C27H33FN2O4S. The molecule has 5 rings (SSSR count). The Morgan fingerprint density at radius 3 is 2.54 bits per heavy atom. The number of benzene rings is 2. The third kappa shape index (κ3) is 4.90. The monoisotopic (exact) mass is 500 g/mol. The van der Waals surface area contributed by atoms with Gasteiger partial charge >= 0.3 is 6.09 Å². The SMILES string of the molecule is CC(C)(C)c1cccc(CN2C(=O)O[C@H]3[C@H](Cc4cc(F)c(N)c(C5CC5)c4)CS(=O)(=O)C[C@@H]32)c1. The largest absolute Gasteiger partial charge is 0.444 e. The Bertz CT molecular complexity index is 1270. The Kier molecular flexibility index (Phi) is 5.86. The molecular weight excluding hydrogens is 467 g/mol. The number of nitrogen functional groups attached to an aromatic ring is 1. The van der Waals surface area contributed by atoms with Crippen LogP contribution in [0.3, 0.4) is 0 Å². The lowest BCUT2D eigenvalue weighted by Gasteiger charge is -2.34. The number of ether oxygens (including phenoxy) is 1. The van der Waals surface area contributed by atoms with Crippen molar-refractivity contribution in [3.63, 3.8) is 0 Å². The standard InChI is InChI=1S/C27H33FN2O4S/c1-27(2,3)20-6-4-5-16(10-20)13-30-23-15-35(32,33)14-19(25(23)34-26(30)31)9-17-11-21(18-7-8-18)24(29)22(28)12-17/h4-6,10-12,18-19,23,25H,7-9,13-15,29H2,1-3H3/t19-,23+,25+/m1/s1. The second-order valence-corrected chi connectivity index (χ2v) is 13.5. The maximum absolute atomic E-state index is 14.5. The fourth-order valence-corrected chi connectivity index (χ4v) is 7.45. The Hall–Kier alpha value is -2.61. The quantitative estimate of drug-likeness (QED) is 0.608. The highest BCUT2D eigenvalue weighted by Crippen LogP contribution is 2.44. The molecule has 3 atom stereocenters. The Morgan fingerprint density at radius 2 is 1.86 bits per heavy atom. The van der Waals surface area contributed by atoms with Crippen LogP contribution in [0.5, 0.6) is 0 Å². The molecule has 0 radical (unpaired) electrons. The van der Waals surface area contributed by atoms with Gasteiger partial charge in [0.1, 0.15) is 11.9 Å². The first kappa shape index (κ1) is 24.1. The molecule has 0 unspecified atom stereocenters. The van der Waals surface area contributed by atoms with E-state index in [1.54, 1.807) is 4.90 Å². The average Bonchev–Trinajstić information content (AvgIpc) is 3.56. The van der Waals surface area contributed by atoms with E-state index in [0.29, 0.717) is 12.0 Å². The first-order valence-electron chi connectivity index (χ1n) is 12.3. The first-order valence-corrected chi connectivity index (χ1v) is 14.1. The van der Waals surface area contributed by atoms with Crippen molar-refractivity contribution in [3.05, 3.63) is 64.5 Å². The predicted molar refractivity (Wildman–Crippen MR) is 133 cm³/mol. The second kappa shape index (κ2) is 8.50. The van der Waals surface area contributed by atoms with Gasteiger partial charge in [0.15, 0.2) is 9.84 Å². The summed E-state index contributed by atoms with van der Waals surface area (Å²) in [5.74, 6) is -0.843. The van der Waals surface area contributed by atoms with Gasteiger partial charge in [0.25, 0.3) is 0 Å². The molecule has 6 nitrogen and oxygen atoms in total. The van der Waals surface area contributed by atoms with Gasteiger partial charge in [0, 0.05) is 12.5 Å². The molecule has 3 fully saturated rings. The fraction of sp³-hybridized carbons (Fsp3) is 0.519. The van der Waals surface area contributed by atoms with Gasteiger partial charge in [-0.25, -0.2) is 17.6 Å². The molecule has 3 aliphatic rings. The summed E-state index contributed by atoms with van der Waals surface area (Å²) in [6, 6.07) is 10.8. The van der Waals surface area contributed by atoms with Crippen molar-refractivity contribution >= 4 is 21.6 Å². The maximum atomic E-state index is 14.5. The lowest BCUT2D eigenvalue weighted by molar-refractivity contribution is 0.0969. The highest BCUT2D eigenvalue weighted by atomic mass is 32.2. The van der Waals surface area contributed by atoms with Crippen molar-refractivity contribution in [3.8, 4) is 0 Å². The van der Waals surface area contributed by atoms with E-state index in [1.165, 1.54) is 6.07 Å². The molecule has 2 aromatic rings. The summed E-state index contributed by atoms with van der Waals surface area (Å²) in [4.78, 5) is 14.5. The zero-order chi connectivity index (χ0) is 25.1. The molecule has 188 valence electrons. The molecule has 1 aliphatic carbocycles. The molecule has 2 aromatic carbocycles. The minimum Gasteiger partial charge on any atom is -0.444 e. The topological polar surface area (TPSA) is 89.7 Å². The number of fused-ring (bicyclic) bond motifs is 1. The van der Waals surface area contributed by atoms with Gasteiger partial charge in [0.05, 0.1) is 23.2 Å². The van der Waals surface area contributed by atoms with E-state index in [0.717, 1.165) is 29.5 Å². The van der Waals surface area contributed by atoms with Gasteiger partial charge in [-0.05, 0) is 58.9 Å². The molecule has 0 aromatic heterocycles. The van der Waals surface area contributed by atoms with Gasteiger partial charge in [-0.2, -0.15) is 0 Å². The normalized spacial score (nSPS) is 25.9. The molecule has 2 aliphatic heterocycles. The molecule has 1 amide bonds. The molecule has 8 heteroatoms. The first-order chi connectivity index (χ1) is 16.4. The summed E-state index contributed by atoms with van der Waals surface area (Å²) in [6.07, 6.45) is 1.24. The van der Waals surface area contributed by atoms with E-state index in [-0.39, 0.29) is 35.1 Å². The van der Waals surface area contributed by atoms with Crippen LogP contribution in [-0.2, 0) is 33.0 Å². The minimum absolute atomic E-state index is 0.0446. The number of nitrogens with two attached hydrogens (primary N) is 1. The lowest BCUT2D eigenvalue weighted by Crippen LogP contribution is -2.51. The van der Waals surface area contributed by atoms with Crippen molar-refractivity contribution in [2.75, 3.05) is 17.2 Å². The molecule has 0 bridgehead atoms. The number of rotatable bonds is 5. The molecule has 2 N–H and O–H groups in total. The number of nitrogens with zero attached hydrogens (tertiary/aromatic N) is 1. The summed E-state index contributed by atoms with van der Waals surface area (Å²) in [7, 11) is -3.41. The summed E-state index contributed by atoms with van der Waals surface area (Å²) >= 11 is 0. The number of hydrogen-bond acceptors (Lipinski definition) is 5. The van der Waals surface area contributed by atoms with Crippen LogP contribution < -0.4 is 5.73 Å². The van der Waals surface area contributed by atoms with Crippen LogP contribution >= 0.6 is 0 Å². The molecule has 35 heavy (non-hydrogen) atoms. The van der Waals surface area contributed by atoms with E-state index in [2.05, 4.69) is 32.9 Å². The van der Waals surface area contributed by atoms with Crippen molar-refractivity contribution < 1.29 is 22.3 Å². The van der Waals surface area contributed by atoms with Crippen LogP contribution in [0.15, 0.2) is 36.4 Å². The number of carbonyl (C=O) groups excluding carboxylic acids is 1. The van der Waals surface area contributed by atoms with Crippen LogP contribution in [-0.4, -0.2) is 43.1 Å². The number of carbonyl (C=O) groups is 1. The Labute approximate surface area is 206 Å². The minimum atomic E-state index is -3.41. The average molecular weight is 501 g/mol. The van der Waals surface area contributed by atoms with E-state index in [9.17, 15) is 17.6 Å². The Morgan fingerprint density at radius 1 is 1.11 bits per heavy atom. The summed E-state index contributed by atoms with van der Waals surface area (Å²) in [6.45, 7) is 6.66. The van der Waals surface area contributed by atoms with E-state index in [1.807, 2.05) is 18.2 Å². The van der Waals surface area contributed by atoms with Gasteiger partial charge < -0.3 is 10.5 Å². The van der Waals surface area contributed by atoms with Gasteiger partial charge in [0.2, 0.25) is 0 Å². The van der Waals surface area contributed by atoms with Crippen LogP contribution in [0, 0.1) is 11.7 Å². The Balaban J connectivity index is 1.40. The van der Waals surface area contributed by atoms with Crippen molar-refractivity contribution in [2.24, 2.45) is 5.92 Å². The van der Waals surface area contributed by atoms with Crippen LogP contribution in [0.1, 0.15) is 61.8 Å². The number of sulfone groups is 1. The molecule has 0 spiro atoms. The zero-order valence-corrected chi connectivity index (χ0v) is 21.3. The highest BCUT2D eigenvalue weighted by Gasteiger charge is 2.51. The predicted octanol–water partition coefficient (Wildman–Crippen LogP) is 4.56. The van der Waals surface area contributed by atoms with Crippen LogP contribution in [0.2, 0.25) is 0 Å². The molecule has 2 heterocycles. The molecule has 2 saturated heterocycles. The fourth-order valence-electron chi connectivity index (χ4n) is 5.46. The summed E-state index contributed by atoms with van der Waals surface area (Å²) in [5.41, 5.74) is 9.67. The van der Waals surface area contributed by atoms with Crippen molar-refractivity contribution in [2.45, 2.75) is 70.1 Å². The van der Waals surface area contributed by atoms with Gasteiger partial charge in [-0.15, -0.1) is 0 Å². The summed E-state index contributed by atoms with van der Waals surface area (Å²) < 4.78 is 46.1. The van der Waals surface area contributed by atoms with Crippen molar-refractivity contribution in [1.29, 1.82) is 0 Å². The van der Waals surface area contributed by atoms with Crippen LogP contribution in [0.25, 0.3) is 0 Å². The van der Waals surface area contributed by atoms with E-state index in [4.69, 9.17) is 10.5 Å². The lowest BCUT2D eigenvalue weighted by atomic mass is 9.86. The van der Waals surface area contributed by atoms with Gasteiger partial charge in [-0.1, -0.05) is 51.1 Å². The van der Waals surface area contributed by atoms with Crippen molar-refractivity contribution in [1.82, 2.24) is 4.90 Å². The summed E-state index contributed by atoms with van der Waals surface area (Å²) in [5, 5.41) is 0. The second-order valence-electron chi connectivity index (χ2n) is 11.4. The highest BCUT2D eigenvalue weighted by molar-refractivity contribution is 7.91.